The molecule has 1 saturated carbocycles. The molecule has 0 aromatic heterocycles. The molecule has 2 aliphatic rings. The van der Waals surface area contributed by atoms with E-state index in [4.69, 9.17) is 0 Å². The van der Waals surface area contributed by atoms with Crippen LogP contribution in [0.3, 0.4) is 0 Å². The molecule has 2 unspecified atom stereocenters. The first-order valence-electron chi connectivity index (χ1n) is 8.18. The quantitative estimate of drug-likeness (QED) is 0.814. The maximum atomic E-state index is 11.7. The Balaban J connectivity index is 1.55. The third-order valence-electron chi connectivity index (χ3n) is 5.08. The number of hydrogen-bond acceptors (Lipinski definition) is 3. The predicted molar refractivity (Wildman–Crippen MR) is 83.9 cm³/mol. The number of carbonyl (C=O) groups is 1. The number of carbonyl (C=O) groups excluding carboxylic acids is 1. The molecular formula is C15H28N2O3S. The van der Waals surface area contributed by atoms with Crippen molar-refractivity contribution >= 4 is 15.9 Å². The highest BCUT2D eigenvalue weighted by Gasteiger charge is 2.24. The van der Waals surface area contributed by atoms with E-state index in [1.807, 2.05) is 0 Å². The molecule has 2 N–H and O–H groups in total. The molecule has 1 aliphatic heterocycles. The van der Waals surface area contributed by atoms with Gasteiger partial charge in [-0.2, -0.15) is 0 Å². The monoisotopic (exact) mass is 316 g/mol. The van der Waals surface area contributed by atoms with E-state index in [0.29, 0.717) is 29.9 Å². The molecule has 0 spiro atoms. The standard InChI is InChI=1S/C15H28N2O3S/c1-12-3-2-4-14(12)11-17-15(18)16-8-5-13-6-9-21(19,20)10-7-13/h12-14H,2-11H2,1H3,(H2,16,17,18). The zero-order chi connectivity index (χ0) is 15.3. The van der Waals surface area contributed by atoms with Crippen molar-refractivity contribution < 1.29 is 13.2 Å². The molecule has 6 heteroatoms. The minimum atomic E-state index is -2.78. The van der Waals surface area contributed by atoms with Gasteiger partial charge < -0.3 is 10.6 Å². The van der Waals surface area contributed by atoms with Crippen molar-refractivity contribution in [2.75, 3.05) is 24.6 Å². The van der Waals surface area contributed by atoms with Gasteiger partial charge >= 0.3 is 6.03 Å². The van der Waals surface area contributed by atoms with Crippen LogP contribution in [0.1, 0.15) is 45.4 Å². The van der Waals surface area contributed by atoms with Crippen molar-refractivity contribution in [1.82, 2.24) is 10.6 Å². The molecule has 1 aliphatic carbocycles. The lowest BCUT2D eigenvalue weighted by Gasteiger charge is -2.22. The topological polar surface area (TPSA) is 75.3 Å². The van der Waals surface area contributed by atoms with Crippen molar-refractivity contribution in [1.29, 1.82) is 0 Å². The minimum Gasteiger partial charge on any atom is -0.338 e. The van der Waals surface area contributed by atoms with Gasteiger partial charge in [-0.3, -0.25) is 0 Å². The van der Waals surface area contributed by atoms with Crippen LogP contribution in [0.4, 0.5) is 4.79 Å². The van der Waals surface area contributed by atoms with Crippen molar-refractivity contribution in [2.45, 2.75) is 45.4 Å². The smallest absolute Gasteiger partial charge is 0.314 e. The fourth-order valence-electron chi connectivity index (χ4n) is 3.43. The second-order valence-corrected chi connectivity index (χ2v) is 8.99. The zero-order valence-corrected chi connectivity index (χ0v) is 13.8. The van der Waals surface area contributed by atoms with Gasteiger partial charge in [0.25, 0.3) is 0 Å². The van der Waals surface area contributed by atoms with E-state index in [9.17, 15) is 13.2 Å². The Hall–Kier alpha value is -0.780. The Bertz CT molecular complexity index is 436. The Morgan fingerprint density at radius 2 is 1.81 bits per heavy atom. The number of hydrogen-bond donors (Lipinski definition) is 2. The molecule has 5 nitrogen and oxygen atoms in total. The average molecular weight is 316 g/mol. The van der Waals surface area contributed by atoms with Gasteiger partial charge in [-0.05, 0) is 43.4 Å². The van der Waals surface area contributed by atoms with Crippen molar-refractivity contribution in [3.63, 3.8) is 0 Å². The van der Waals surface area contributed by atoms with E-state index in [0.717, 1.165) is 31.7 Å². The summed E-state index contributed by atoms with van der Waals surface area (Å²) in [7, 11) is -2.78. The normalized spacial score (nSPS) is 29.2. The molecule has 0 aromatic carbocycles. The maximum absolute atomic E-state index is 11.7. The number of amides is 2. The van der Waals surface area contributed by atoms with E-state index in [2.05, 4.69) is 17.6 Å². The van der Waals surface area contributed by atoms with E-state index < -0.39 is 9.84 Å². The van der Waals surface area contributed by atoms with Crippen LogP contribution in [-0.4, -0.2) is 39.0 Å². The molecular weight excluding hydrogens is 288 g/mol. The fraction of sp³-hybridized carbons (Fsp3) is 0.933. The summed E-state index contributed by atoms with van der Waals surface area (Å²) >= 11 is 0. The highest BCUT2D eigenvalue weighted by molar-refractivity contribution is 7.91. The summed E-state index contributed by atoms with van der Waals surface area (Å²) in [6.45, 7) is 3.67. The Labute approximate surface area is 128 Å². The molecule has 2 atom stereocenters. The van der Waals surface area contributed by atoms with Gasteiger partial charge in [0.15, 0.2) is 0 Å². The average Bonchev–Trinajstić information content (AvgIpc) is 2.84. The van der Waals surface area contributed by atoms with Gasteiger partial charge in [-0.1, -0.05) is 19.8 Å². The van der Waals surface area contributed by atoms with E-state index in [1.165, 1.54) is 19.3 Å². The Morgan fingerprint density at radius 3 is 2.43 bits per heavy atom. The number of urea groups is 1. The third kappa shape index (κ3) is 5.49. The molecule has 122 valence electrons. The first kappa shape index (κ1) is 16.6. The van der Waals surface area contributed by atoms with Crippen LogP contribution in [0, 0.1) is 17.8 Å². The number of rotatable bonds is 5. The van der Waals surface area contributed by atoms with Gasteiger partial charge in [0.2, 0.25) is 0 Å². The van der Waals surface area contributed by atoms with Gasteiger partial charge in [0.1, 0.15) is 9.84 Å². The Morgan fingerprint density at radius 1 is 1.10 bits per heavy atom. The first-order chi connectivity index (χ1) is 9.96. The highest BCUT2D eigenvalue weighted by Crippen LogP contribution is 2.30. The second-order valence-electron chi connectivity index (χ2n) is 6.69. The Kier molecular flexibility index (Phi) is 5.90. The van der Waals surface area contributed by atoms with Gasteiger partial charge in [0.05, 0.1) is 11.5 Å². The molecule has 1 heterocycles. The molecule has 0 aromatic rings. The zero-order valence-electron chi connectivity index (χ0n) is 12.9. The van der Waals surface area contributed by atoms with Crippen LogP contribution in [0.15, 0.2) is 0 Å². The van der Waals surface area contributed by atoms with E-state index in [-0.39, 0.29) is 6.03 Å². The maximum Gasteiger partial charge on any atom is 0.314 e. The summed E-state index contributed by atoms with van der Waals surface area (Å²) in [6.07, 6.45) is 6.13. The van der Waals surface area contributed by atoms with Gasteiger partial charge in [-0.15, -0.1) is 0 Å². The van der Waals surface area contributed by atoms with Crippen LogP contribution >= 0.6 is 0 Å². The van der Waals surface area contributed by atoms with Crippen LogP contribution < -0.4 is 10.6 Å². The molecule has 2 rings (SSSR count). The lowest BCUT2D eigenvalue weighted by atomic mass is 9.98. The van der Waals surface area contributed by atoms with Crippen molar-refractivity contribution in [3.8, 4) is 0 Å². The summed E-state index contributed by atoms with van der Waals surface area (Å²) in [5.74, 6) is 2.39. The van der Waals surface area contributed by atoms with Crippen LogP contribution in [0.25, 0.3) is 0 Å². The van der Waals surface area contributed by atoms with Crippen molar-refractivity contribution in [3.05, 3.63) is 0 Å². The largest absolute Gasteiger partial charge is 0.338 e. The summed E-state index contributed by atoms with van der Waals surface area (Å²) in [6, 6.07) is -0.0856. The second kappa shape index (κ2) is 7.47. The number of sulfone groups is 1. The molecule has 1 saturated heterocycles. The summed E-state index contributed by atoms with van der Waals surface area (Å²) in [5, 5.41) is 5.85. The SMILES string of the molecule is CC1CCCC1CNC(=O)NCCC1CCS(=O)(=O)CC1. The lowest BCUT2D eigenvalue weighted by Crippen LogP contribution is -2.39. The van der Waals surface area contributed by atoms with Gasteiger partial charge in [-0.25, -0.2) is 13.2 Å². The molecule has 2 amide bonds. The molecule has 21 heavy (non-hydrogen) atoms. The highest BCUT2D eigenvalue weighted by atomic mass is 32.2. The lowest BCUT2D eigenvalue weighted by molar-refractivity contribution is 0.236. The summed E-state index contributed by atoms with van der Waals surface area (Å²) < 4.78 is 22.7. The summed E-state index contributed by atoms with van der Waals surface area (Å²) in [5.41, 5.74) is 0. The molecule has 0 radical (unpaired) electrons. The van der Waals surface area contributed by atoms with E-state index >= 15 is 0 Å². The predicted octanol–water partition coefficient (Wildman–Crippen LogP) is 1.94. The van der Waals surface area contributed by atoms with E-state index in [1.54, 1.807) is 0 Å². The minimum absolute atomic E-state index is 0.0856. The molecule has 2 fully saturated rings. The van der Waals surface area contributed by atoms with Gasteiger partial charge in [0, 0.05) is 13.1 Å². The fourth-order valence-corrected chi connectivity index (χ4v) is 5.02. The third-order valence-corrected chi connectivity index (χ3v) is 6.79. The molecule has 0 bridgehead atoms. The van der Waals surface area contributed by atoms with Crippen LogP contribution in [-0.2, 0) is 9.84 Å². The van der Waals surface area contributed by atoms with Crippen molar-refractivity contribution in [2.24, 2.45) is 17.8 Å². The number of nitrogens with one attached hydrogen (secondary N) is 2. The first-order valence-corrected chi connectivity index (χ1v) is 10.0. The van der Waals surface area contributed by atoms with Crippen LogP contribution in [0.5, 0.6) is 0 Å². The summed E-state index contributed by atoms with van der Waals surface area (Å²) in [4.78, 5) is 11.7. The van der Waals surface area contributed by atoms with Crippen LogP contribution in [0.2, 0.25) is 0 Å².